The summed E-state index contributed by atoms with van der Waals surface area (Å²) < 4.78 is 17.2. The van der Waals surface area contributed by atoms with Crippen LogP contribution in [0.5, 0.6) is 0 Å². The van der Waals surface area contributed by atoms with Crippen LogP contribution in [-0.2, 0) is 6.54 Å². The Kier molecular flexibility index (Phi) is 5.04. The Balaban J connectivity index is 1.48. The summed E-state index contributed by atoms with van der Waals surface area (Å²) in [6, 6.07) is 16.8. The van der Waals surface area contributed by atoms with Crippen LogP contribution >= 0.6 is 0 Å². The SMILES string of the molecule is Cc1c([C@H](C)NCc2cccc(-n3cccn3)c2)cnn1-c1cccc(F)c1. The summed E-state index contributed by atoms with van der Waals surface area (Å²) in [5.41, 5.74) is 5.02. The molecule has 1 N–H and O–H groups in total. The van der Waals surface area contributed by atoms with Gasteiger partial charge in [-0.2, -0.15) is 10.2 Å². The molecule has 142 valence electrons. The molecular formula is C22H22FN5. The third-order valence-electron chi connectivity index (χ3n) is 4.86. The first-order valence-corrected chi connectivity index (χ1v) is 9.24. The average Bonchev–Trinajstić information content (AvgIpc) is 3.36. The van der Waals surface area contributed by atoms with Gasteiger partial charge in [-0.1, -0.05) is 18.2 Å². The number of nitrogens with one attached hydrogen (secondary N) is 1. The van der Waals surface area contributed by atoms with E-state index in [1.807, 2.05) is 48.3 Å². The van der Waals surface area contributed by atoms with Crippen LogP contribution < -0.4 is 5.32 Å². The molecule has 0 aliphatic rings. The molecule has 0 bridgehead atoms. The van der Waals surface area contributed by atoms with E-state index in [-0.39, 0.29) is 11.9 Å². The van der Waals surface area contributed by atoms with Crippen molar-refractivity contribution in [3.63, 3.8) is 0 Å². The number of nitrogens with zero attached hydrogens (tertiary/aromatic N) is 4. The Morgan fingerprint density at radius 2 is 1.86 bits per heavy atom. The molecule has 2 heterocycles. The standard InChI is InChI=1S/C22H22FN5/c1-16(22-15-26-28(17(22)2)21-9-4-7-19(23)13-21)24-14-18-6-3-8-20(12-18)27-11-5-10-25-27/h3-13,15-16,24H,14H2,1-2H3/t16-/m0/s1. The molecule has 4 rings (SSSR count). The highest BCUT2D eigenvalue weighted by atomic mass is 19.1. The van der Waals surface area contributed by atoms with E-state index in [0.29, 0.717) is 0 Å². The first-order chi connectivity index (χ1) is 13.6. The Hall–Kier alpha value is -3.25. The molecule has 0 amide bonds. The molecule has 2 aromatic heterocycles. The van der Waals surface area contributed by atoms with Crippen LogP contribution in [0.15, 0.2) is 73.2 Å². The molecule has 5 nitrogen and oxygen atoms in total. The van der Waals surface area contributed by atoms with Crippen LogP contribution in [0.25, 0.3) is 11.4 Å². The maximum absolute atomic E-state index is 13.5. The van der Waals surface area contributed by atoms with Crippen molar-refractivity contribution in [3.8, 4) is 11.4 Å². The van der Waals surface area contributed by atoms with Gasteiger partial charge < -0.3 is 5.32 Å². The van der Waals surface area contributed by atoms with E-state index in [9.17, 15) is 4.39 Å². The van der Waals surface area contributed by atoms with Crippen molar-refractivity contribution in [1.29, 1.82) is 0 Å². The van der Waals surface area contributed by atoms with E-state index in [2.05, 4.69) is 34.6 Å². The predicted octanol–water partition coefficient (Wildman–Crippen LogP) is 4.36. The Labute approximate surface area is 163 Å². The summed E-state index contributed by atoms with van der Waals surface area (Å²) in [7, 11) is 0. The van der Waals surface area contributed by atoms with Crippen molar-refractivity contribution >= 4 is 0 Å². The van der Waals surface area contributed by atoms with Gasteiger partial charge in [-0.15, -0.1) is 0 Å². The second-order valence-corrected chi connectivity index (χ2v) is 6.80. The summed E-state index contributed by atoms with van der Waals surface area (Å²) >= 11 is 0. The quantitative estimate of drug-likeness (QED) is 0.545. The van der Waals surface area contributed by atoms with Crippen LogP contribution in [-0.4, -0.2) is 19.6 Å². The fraction of sp³-hybridized carbons (Fsp3) is 0.182. The van der Waals surface area contributed by atoms with Gasteiger partial charge in [-0.3, -0.25) is 0 Å². The average molecular weight is 375 g/mol. The molecule has 28 heavy (non-hydrogen) atoms. The topological polar surface area (TPSA) is 47.7 Å². The first kappa shape index (κ1) is 18.1. The second-order valence-electron chi connectivity index (χ2n) is 6.80. The molecule has 0 aliphatic carbocycles. The summed E-state index contributed by atoms with van der Waals surface area (Å²) in [5.74, 6) is -0.266. The molecule has 0 saturated carbocycles. The Morgan fingerprint density at radius 1 is 1.04 bits per heavy atom. The molecular weight excluding hydrogens is 353 g/mol. The van der Waals surface area contributed by atoms with E-state index in [1.165, 1.54) is 17.7 Å². The molecule has 0 spiro atoms. The molecule has 0 fully saturated rings. The summed E-state index contributed by atoms with van der Waals surface area (Å²) in [6.45, 7) is 4.84. The van der Waals surface area contributed by atoms with Crippen LogP contribution in [0.2, 0.25) is 0 Å². The Bertz CT molecular complexity index is 1070. The molecule has 0 radical (unpaired) electrons. The number of benzene rings is 2. The van der Waals surface area contributed by atoms with Crippen molar-refractivity contribution in [3.05, 3.63) is 95.8 Å². The monoisotopic (exact) mass is 375 g/mol. The van der Waals surface area contributed by atoms with Gasteiger partial charge in [-0.05, 0) is 55.8 Å². The van der Waals surface area contributed by atoms with E-state index in [4.69, 9.17) is 0 Å². The van der Waals surface area contributed by atoms with Crippen molar-refractivity contribution < 1.29 is 4.39 Å². The van der Waals surface area contributed by atoms with Crippen LogP contribution in [0.4, 0.5) is 4.39 Å². The minimum absolute atomic E-state index is 0.107. The lowest BCUT2D eigenvalue weighted by atomic mass is 10.1. The van der Waals surface area contributed by atoms with E-state index in [0.717, 1.165) is 29.2 Å². The normalized spacial score (nSPS) is 12.2. The number of rotatable bonds is 6. The summed E-state index contributed by atoms with van der Waals surface area (Å²) in [6.07, 6.45) is 5.55. The third kappa shape index (κ3) is 3.73. The fourth-order valence-electron chi connectivity index (χ4n) is 3.33. The van der Waals surface area contributed by atoms with E-state index in [1.54, 1.807) is 16.9 Å². The highest BCUT2D eigenvalue weighted by Gasteiger charge is 2.14. The highest BCUT2D eigenvalue weighted by molar-refractivity contribution is 5.37. The van der Waals surface area contributed by atoms with Crippen LogP contribution in [0.3, 0.4) is 0 Å². The van der Waals surface area contributed by atoms with Gasteiger partial charge in [0.1, 0.15) is 5.82 Å². The lowest BCUT2D eigenvalue weighted by Crippen LogP contribution is -2.18. The van der Waals surface area contributed by atoms with Crippen LogP contribution in [0, 0.1) is 12.7 Å². The molecule has 0 saturated heterocycles. The maximum atomic E-state index is 13.5. The minimum Gasteiger partial charge on any atom is -0.306 e. The largest absolute Gasteiger partial charge is 0.306 e. The zero-order valence-electron chi connectivity index (χ0n) is 15.9. The fourth-order valence-corrected chi connectivity index (χ4v) is 3.33. The van der Waals surface area contributed by atoms with Gasteiger partial charge in [0.25, 0.3) is 0 Å². The Morgan fingerprint density at radius 3 is 2.64 bits per heavy atom. The van der Waals surface area contributed by atoms with Crippen molar-refractivity contribution in [2.24, 2.45) is 0 Å². The third-order valence-corrected chi connectivity index (χ3v) is 4.86. The van der Waals surface area contributed by atoms with Crippen molar-refractivity contribution in [1.82, 2.24) is 24.9 Å². The van der Waals surface area contributed by atoms with E-state index < -0.39 is 0 Å². The van der Waals surface area contributed by atoms with Crippen molar-refractivity contribution in [2.45, 2.75) is 26.4 Å². The summed E-state index contributed by atoms with van der Waals surface area (Å²) in [5, 5.41) is 12.3. The van der Waals surface area contributed by atoms with Gasteiger partial charge in [0.05, 0.1) is 17.6 Å². The van der Waals surface area contributed by atoms with Gasteiger partial charge >= 0.3 is 0 Å². The number of hydrogen-bond donors (Lipinski definition) is 1. The lowest BCUT2D eigenvalue weighted by Gasteiger charge is -2.15. The smallest absolute Gasteiger partial charge is 0.125 e. The molecule has 1 atom stereocenters. The number of hydrogen-bond acceptors (Lipinski definition) is 3. The molecule has 0 unspecified atom stereocenters. The molecule has 6 heteroatoms. The first-order valence-electron chi connectivity index (χ1n) is 9.24. The summed E-state index contributed by atoms with van der Waals surface area (Å²) in [4.78, 5) is 0. The highest BCUT2D eigenvalue weighted by Crippen LogP contribution is 2.21. The molecule has 0 aliphatic heterocycles. The number of halogens is 1. The van der Waals surface area contributed by atoms with Gasteiger partial charge in [0.15, 0.2) is 0 Å². The maximum Gasteiger partial charge on any atom is 0.125 e. The zero-order chi connectivity index (χ0) is 19.5. The van der Waals surface area contributed by atoms with Crippen LogP contribution in [0.1, 0.15) is 29.8 Å². The van der Waals surface area contributed by atoms with Gasteiger partial charge in [0.2, 0.25) is 0 Å². The second kappa shape index (κ2) is 7.78. The zero-order valence-corrected chi connectivity index (χ0v) is 15.9. The number of aromatic nitrogens is 4. The van der Waals surface area contributed by atoms with Gasteiger partial charge in [0, 0.05) is 36.2 Å². The van der Waals surface area contributed by atoms with Gasteiger partial charge in [-0.25, -0.2) is 13.8 Å². The lowest BCUT2D eigenvalue weighted by molar-refractivity contribution is 0.571. The van der Waals surface area contributed by atoms with Crippen molar-refractivity contribution in [2.75, 3.05) is 0 Å². The predicted molar refractivity (Wildman–Crippen MR) is 107 cm³/mol. The molecule has 4 aromatic rings. The van der Waals surface area contributed by atoms with E-state index >= 15 is 0 Å². The minimum atomic E-state index is -0.266. The molecule has 2 aromatic carbocycles.